The van der Waals surface area contributed by atoms with Gasteiger partial charge < -0.3 is 4.74 Å². The van der Waals surface area contributed by atoms with Crippen molar-refractivity contribution in [2.75, 3.05) is 6.61 Å². The van der Waals surface area contributed by atoms with Crippen molar-refractivity contribution in [3.8, 4) is 17.6 Å². The second-order valence-corrected chi connectivity index (χ2v) is 4.04. The molecule has 1 heteroatoms. The second-order valence-electron chi connectivity index (χ2n) is 4.04. The van der Waals surface area contributed by atoms with Gasteiger partial charge in [-0.3, -0.25) is 0 Å². The molecule has 0 fully saturated rings. The van der Waals surface area contributed by atoms with Crippen LogP contribution in [-0.2, 0) is 6.42 Å². The highest BCUT2D eigenvalue weighted by Crippen LogP contribution is 2.23. The van der Waals surface area contributed by atoms with Gasteiger partial charge >= 0.3 is 0 Å². The monoisotopic (exact) mass is 216 g/mol. The first kappa shape index (κ1) is 12.6. The molecular weight excluding hydrogens is 196 g/mol. The molecule has 0 aromatic heterocycles. The summed E-state index contributed by atoms with van der Waals surface area (Å²) in [4.78, 5) is 0. The normalized spacial score (nSPS) is 11.5. The summed E-state index contributed by atoms with van der Waals surface area (Å²) < 4.78 is 5.62. The Bertz CT molecular complexity index is 396. The van der Waals surface area contributed by atoms with Crippen molar-refractivity contribution in [2.45, 2.75) is 34.1 Å². The summed E-state index contributed by atoms with van der Waals surface area (Å²) in [5, 5.41) is 0. The van der Waals surface area contributed by atoms with Gasteiger partial charge in [-0.1, -0.05) is 24.6 Å². The standard InChI is InChI=1S/C15H20O/c1-5-7-12(3)10-14-11-13(4)8-9-15(14)16-6-2/h8-9,11-12H,6,10H2,1-4H3. The van der Waals surface area contributed by atoms with E-state index in [9.17, 15) is 0 Å². The van der Waals surface area contributed by atoms with Gasteiger partial charge in [-0.25, -0.2) is 0 Å². The lowest BCUT2D eigenvalue weighted by Gasteiger charge is -2.12. The van der Waals surface area contributed by atoms with Crippen molar-refractivity contribution in [3.05, 3.63) is 29.3 Å². The maximum absolute atomic E-state index is 5.62. The van der Waals surface area contributed by atoms with Crippen LogP contribution in [0.25, 0.3) is 0 Å². The minimum atomic E-state index is 0.381. The Hall–Kier alpha value is -1.42. The zero-order chi connectivity index (χ0) is 12.0. The smallest absolute Gasteiger partial charge is 0.122 e. The van der Waals surface area contributed by atoms with Gasteiger partial charge in [0.05, 0.1) is 6.61 Å². The molecular formula is C15H20O. The molecule has 1 aromatic carbocycles. The van der Waals surface area contributed by atoms with Crippen LogP contribution in [0.15, 0.2) is 18.2 Å². The summed E-state index contributed by atoms with van der Waals surface area (Å²) in [5.74, 6) is 7.52. The molecule has 0 amide bonds. The molecule has 1 unspecified atom stereocenters. The zero-order valence-corrected chi connectivity index (χ0v) is 10.6. The number of benzene rings is 1. The molecule has 0 spiro atoms. The first-order valence-electron chi connectivity index (χ1n) is 5.82. The van der Waals surface area contributed by atoms with E-state index in [1.807, 2.05) is 13.8 Å². The van der Waals surface area contributed by atoms with Crippen LogP contribution in [0.3, 0.4) is 0 Å². The molecule has 0 bridgehead atoms. The van der Waals surface area contributed by atoms with Crippen LogP contribution >= 0.6 is 0 Å². The Morgan fingerprint density at radius 3 is 2.75 bits per heavy atom. The molecule has 16 heavy (non-hydrogen) atoms. The minimum absolute atomic E-state index is 0.381. The Balaban J connectivity index is 2.89. The van der Waals surface area contributed by atoms with Gasteiger partial charge in [-0.2, -0.15) is 0 Å². The quantitative estimate of drug-likeness (QED) is 0.699. The van der Waals surface area contributed by atoms with E-state index in [-0.39, 0.29) is 0 Å². The molecule has 1 nitrogen and oxygen atoms in total. The van der Waals surface area contributed by atoms with E-state index in [1.165, 1.54) is 11.1 Å². The first-order chi connectivity index (χ1) is 7.67. The maximum Gasteiger partial charge on any atom is 0.122 e. The van der Waals surface area contributed by atoms with Crippen molar-refractivity contribution in [2.24, 2.45) is 5.92 Å². The fourth-order valence-electron chi connectivity index (χ4n) is 1.79. The number of rotatable bonds is 4. The average molecular weight is 216 g/mol. The van der Waals surface area contributed by atoms with Gasteiger partial charge in [0.2, 0.25) is 0 Å². The van der Waals surface area contributed by atoms with Gasteiger partial charge in [0.1, 0.15) is 5.75 Å². The van der Waals surface area contributed by atoms with E-state index < -0.39 is 0 Å². The van der Waals surface area contributed by atoms with E-state index in [0.717, 1.165) is 12.2 Å². The Labute approximate surface area is 98.8 Å². The predicted molar refractivity (Wildman–Crippen MR) is 68.7 cm³/mol. The molecule has 86 valence electrons. The fourth-order valence-corrected chi connectivity index (χ4v) is 1.79. The second kappa shape index (κ2) is 6.23. The predicted octanol–water partition coefficient (Wildman–Crippen LogP) is 3.60. The summed E-state index contributed by atoms with van der Waals surface area (Å²) in [5.41, 5.74) is 2.53. The summed E-state index contributed by atoms with van der Waals surface area (Å²) in [6.07, 6.45) is 0.956. The number of ether oxygens (including phenoxy) is 1. The first-order valence-corrected chi connectivity index (χ1v) is 5.82. The molecule has 1 rings (SSSR count). The van der Waals surface area contributed by atoms with Crippen molar-refractivity contribution < 1.29 is 4.74 Å². The lowest BCUT2D eigenvalue weighted by Crippen LogP contribution is -2.02. The molecule has 0 aliphatic heterocycles. The van der Waals surface area contributed by atoms with Crippen molar-refractivity contribution in [1.29, 1.82) is 0 Å². The molecule has 0 saturated heterocycles. The molecule has 0 aliphatic carbocycles. The molecule has 0 N–H and O–H groups in total. The molecule has 1 atom stereocenters. The number of aryl methyl sites for hydroxylation is 1. The molecule has 0 radical (unpaired) electrons. The maximum atomic E-state index is 5.62. The molecule has 0 aliphatic rings. The van der Waals surface area contributed by atoms with Gasteiger partial charge in [0.25, 0.3) is 0 Å². The van der Waals surface area contributed by atoms with Crippen molar-refractivity contribution in [3.63, 3.8) is 0 Å². The van der Waals surface area contributed by atoms with E-state index in [4.69, 9.17) is 4.74 Å². The Morgan fingerprint density at radius 2 is 2.12 bits per heavy atom. The topological polar surface area (TPSA) is 9.23 Å². The SMILES string of the molecule is CC#CC(C)Cc1cc(C)ccc1OCC. The molecule has 0 saturated carbocycles. The van der Waals surface area contributed by atoms with E-state index in [1.54, 1.807) is 0 Å². The fraction of sp³-hybridized carbons (Fsp3) is 0.467. The third kappa shape index (κ3) is 3.62. The minimum Gasteiger partial charge on any atom is -0.494 e. The third-order valence-electron chi connectivity index (χ3n) is 2.43. The highest BCUT2D eigenvalue weighted by molar-refractivity contribution is 5.37. The highest BCUT2D eigenvalue weighted by atomic mass is 16.5. The van der Waals surface area contributed by atoms with Crippen LogP contribution in [0.1, 0.15) is 31.9 Å². The van der Waals surface area contributed by atoms with E-state index in [0.29, 0.717) is 12.5 Å². The van der Waals surface area contributed by atoms with Crippen molar-refractivity contribution >= 4 is 0 Å². The van der Waals surface area contributed by atoms with Crippen LogP contribution in [0, 0.1) is 24.7 Å². The lowest BCUT2D eigenvalue weighted by atomic mass is 9.99. The highest BCUT2D eigenvalue weighted by Gasteiger charge is 2.07. The van der Waals surface area contributed by atoms with Crippen LogP contribution in [0.2, 0.25) is 0 Å². The summed E-state index contributed by atoms with van der Waals surface area (Å²) >= 11 is 0. The van der Waals surface area contributed by atoms with Gasteiger partial charge in [-0.15, -0.1) is 11.8 Å². The average Bonchev–Trinajstić information content (AvgIpc) is 2.22. The lowest BCUT2D eigenvalue weighted by molar-refractivity contribution is 0.335. The van der Waals surface area contributed by atoms with Gasteiger partial charge in [0.15, 0.2) is 0 Å². The van der Waals surface area contributed by atoms with E-state index >= 15 is 0 Å². The van der Waals surface area contributed by atoms with Gasteiger partial charge in [-0.05, 0) is 38.8 Å². The van der Waals surface area contributed by atoms with Crippen LogP contribution in [0.4, 0.5) is 0 Å². The summed E-state index contributed by atoms with van der Waals surface area (Å²) in [6, 6.07) is 6.34. The zero-order valence-electron chi connectivity index (χ0n) is 10.6. The van der Waals surface area contributed by atoms with Crippen LogP contribution < -0.4 is 4.74 Å². The van der Waals surface area contributed by atoms with E-state index in [2.05, 4.69) is 43.9 Å². The van der Waals surface area contributed by atoms with Crippen LogP contribution in [0.5, 0.6) is 5.75 Å². The van der Waals surface area contributed by atoms with Crippen molar-refractivity contribution in [1.82, 2.24) is 0 Å². The largest absolute Gasteiger partial charge is 0.494 e. The summed E-state index contributed by atoms with van der Waals surface area (Å²) in [7, 11) is 0. The molecule has 0 heterocycles. The van der Waals surface area contributed by atoms with Gasteiger partial charge in [0, 0.05) is 5.92 Å². The number of hydrogen-bond acceptors (Lipinski definition) is 1. The number of hydrogen-bond donors (Lipinski definition) is 0. The Morgan fingerprint density at radius 1 is 1.38 bits per heavy atom. The molecule has 1 aromatic rings. The van der Waals surface area contributed by atoms with Crippen LogP contribution in [-0.4, -0.2) is 6.61 Å². The Kier molecular flexibility index (Phi) is 4.92. The summed E-state index contributed by atoms with van der Waals surface area (Å²) in [6.45, 7) is 8.86. The third-order valence-corrected chi connectivity index (χ3v) is 2.43.